The first-order valence-electron chi connectivity index (χ1n) is 6.69. The van der Waals surface area contributed by atoms with Crippen molar-refractivity contribution in [3.63, 3.8) is 0 Å². The Morgan fingerprint density at radius 2 is 2.37 bits per heavy atom. The maximum Gasteiger partial charge on any atom is 0.229 e. The molecule has 1 fully saturated rings. The predicted molar refractivity (Wildman–Crippen MR) is 76.7 cm³/mol. The molecule has 5 heteroatoms. The van der Waals surface area contributed by atoms with Crippen LogP contribution in [-0.2, 0) is 9.53 Å². The molecule has 0 aromatic heterocycles. The molecular weight excluding hydrogens is 260 g/mol. The Kier molecular flexibility index (Phi) is 4.06. The number of para-hydroxylation sites is 1. The average Bonchev–Trinajstić information content (AvgIpc) is 2.47. The van der Waals surface area contributed by atoms with Crippen LogP contribution in [-0.4, -0.2) is 44.0 Å². The van der Waals surface area contributed by atoms with Crippen molar-refractivity contribution in [2.45, 2.75) is 17.4 Å². The van der Waals surface area contributed by atoms with E-state index in [1.807, 2.05) is 34.9 Å². The Morgan fingerprint density at radius 3 is 3.21 bits per heavy atom. The Morgan fingerprint density at radius 1 is 1.47 bits per heavy atom. The lowest BCUT2D eigenvalue weighted by Crippen LogP contribution is -2.43. The van der Waals surface area contributed by atoms with Crippen molar-refractivity contribution in [2.75, 3.05) is 36.9 Å². The highest BCUT2D eigenvalue weighted by Crippen LogP contribution is 2.34. The molecule has 0 radical (unpaired) electrons. The fraction of sp³-hybridized carbons (Fsp3) is 0.500. The van der Waals surface area contributed by atoms with Gasteiger partial charge in [-0.3, -0.25) is 4.79 Å². The zero-order chi connectivity index (χ0) is 13.1. The van der Waals surface area contributed by atoms with Crippen molar-refractivity contribution in [3.8, 4) is 0 Å². The summed E-state index contributed by atoms with van der Waals surface area (Å²) >= 11 is 1.82. The van der Waals surface area contributed by atoms with Crippen LogP contribution in [0.15, 0.2) is 29.2 Å². The SMILES string of the molecule is O=C(CC1CNCCO1)N1CCSc2ccccc21. The van der Waals surface area contributed by atoms with Gasteiger partial charge in [-0.1, -0.05) is 12.1 Å². The minimum atomic E-state index is 0.0167. The van der Waals surface area contributed by atoms with Crippen LogP contribution in [0, 0.1) is 0 Å². The Bertz CT molecular complexity index is 461. The molecule has 1 saturated heterocycles. The molecule has 2 aliphatic rings. The third-order valence-electron chi connectivity index (χ3n) is 3.44. The number of benzene rings is 1. The van der Waals surface area contributed by atoms with Crippen LogP contribution in [0.4, 0.5) is 5.69 Å². The number of amides is 1. The van der Waals surface area contributed by atoms with Gasteiger partial charge in [0.2, 0.25) is 5.91 Å². The van der Waals surface area contributed by atoms with Gasteiger partial charge in [-0.25, -0.2) is 0 Å². The molecule has 1 aromatic carbocycles. The molecule has 2 heterocycles. The van der Waals surface area contributed by atoms with E-state index in [0.29, 0.717) is 13.0 Å². The van der Waals surface area contributed by atoms with E-state index >= 15 is 0 Å². The standard InChI is InChI=1S/C14H18N2O2S/c17-14(9-11-10-15-5-7-18-11)16-6-8-19-13-4-2-1-3-12(13)16/h1-4,11,15H,5-10H2. The van der Waals surface area contributed by atoms with Gasteiger partial charge in [0.1, 0.15) is 0 Å². The number of nitrogens with one attached hydrogen (secondary N) is 1. The van der Waals surface area contributed by atoms with Gasteiger partial charge in [0, 0.05) is 30.3 Å². The lowest BCUT2D eigenvalue weighted by Gasteiger charge is -2.31. The number of nitrogens with zero attached hydrogens (tertiary/aromatic N) is 1. The number of carbonyl (C=O) groups excluding carboxylic acids is 1. The summed E-state index contributed by atoms with van der Waals surface area (Å²) in [5, 5.41) is 3.26. The van der Waals surface area contributed by atoms with Crippen LogP contribution in [0.3, 0.4) is 0 Å². The molecule has 0 saturated carbocycles. The highest BCUT2D eigenvalue weighted by molar-refractivity contribution is 7.99. The second-order valence-electron chi connectivity index (χ2n) is 4.76. The van der Waals surface area contributed by atoms with Gasteiger partial charge in [-0.05, 0) is 12.1 Å². The van der Waals surface area contributed by atoms with Crippen molar-refractivity contribution >= 4 is 23.4 Å². The van der Waals surface area contributed by atoms with Gasteiger partial charge >= 0.3 is 0 Å². The van der Waals surface area contributed by atoms with Crippen LogP contribution >= 0.6 is 11.8 Å². The van der Waals surface area contributed by atoms with Crippen molar-refractivity contribution < 1.29 is 9.53 Å². The van der Waals surface area contributed by atoms with Crippen LogP contribution in [0.1, 0.15) is 6.42 Å². The van der Waals surface area contributed by atoms with Crippen LogP contribution < -0.4 is 10.2 Å². The number of anilines is 1. The monoisotopic (exact) mass is 278 g/mol. The third-order valence-corrected chi connectivity index (χ3v) is 4.48. The third kappa shape index (κ3) is 2.94. The number of thioether (sulfide) groups is 1. The summed E-state index contributed by atoms with van der Waals surface area (Å²) < 4.78 is 5.61. The van der Waals surface area contributed by atoms with E-state index in [1.54, 1.807) is 0 Å². The summed E-state index contributed by atoms with van der Waals surface area (Å²) in [6.07, 6.45) is 0.481. The Labute approximate surface area is 117 Å². The van der Waals surface area contributed by atoms with Gasteiger partial charge in [0.25, 0.3) is 0 Å². The smallest absolute Gasteiger partial charge is 0.229 e. The Hall–Kier alpha value is -1.04. The number of hydrogen-bond donors (Lipinski definition) is 1. The molecule has 1 aromatic rings. The number of ether oxygens (including phenoxy) is 1. The lowest BCUT2D eigenvalue weighted by atomic mass is 10.2. The number of carbonyl (C=O) groups is 1. The quantitative estimate of drug-likeness (QED) is 0.890. The van der Waals surface area contributed by atoms with E-state index in [9.17, 15) is 4.79 Å². The van der Waals surface area contributed by atoms with E-state index in [-0.39, 0.29) is 12.0 Å². The highest BCUT2D eigenvalue weighted by Gasteiger charge is 2.25. The van der Waals surface area contributed by atoms with E-state index in [2.05, 4.69) is 11.4 Å². The summed E-state index contributed by atoms with van der Waals surface area (Å²) in [6, 6.07) is 8.12. The molecular formula is C14H18N2O2S. The van der Waals surface area contributed by atoms with E-state index in [1.165, 1.54) is 4.90 Å². The first-order valence-corrected chi connectivity index (χ1v) is 7.67. The van der Waals surface area contributed by atoms with Gasteiger partial charge < -0.3 is 15.0 Å². The fourth-order valence-electron chi connectivity index (χ4n) is 2.48. The molecule has 0 spiro atoms. The molecule has 1 amide bonds. The number of hydrogen-bond acceptors (Lipinski definition) is 4. The molecule has 19 heavy (non-hydrogen) atoms. The van der Waals surface area contributed by atoms with Gasteiger partial charge in [0.05, 0.1) is 24.8 Å². The topological polar surface area (TPSA) is 41.6 Å². The average molecular weight is 278 g/mol. The molecule has 1 N–H and O–H groups in total. The van der Waals surface area contributed by atoms with Crippen molar-refractivity contribution in [3.05, 3.63) is 24.3 Å². The second-order valence-corrected chi connectivity index (χ2v) is 5.90. The molecule has 0 bridgehead atoms. The normalized spacial score (nSPS) is 22.9. The molecule has 1 unspecified atom stereocenters. The summed E-state index contributed by atoms with van der Waals surface area (Å²) in [5.41, 5.74) is 1.05. The zero-order valence-electron chi connectivity index (χ0n) is 10.8. The summed E-state index contributed by atoms with van der Waals surface area (Å²) in [7, 11) is 0. The van der Waals surface area contributed by atoms with Crippen LogP contribution in [0.2, 0.25) is 0 Å². The number of fused-ring (bicyclic) bond motifs is 1. The molecule has 102 valence electrons. The predicted octanol–water partition coefficient (Wildman–Crippen LogP) is 1.50. The van der Waals surface area contributed by atoms with Crippen molar-refractivity contribution in [1.29, 1.82) is 0 Å². The van der Waals surface area contributed by atoms with E-state index in [4.69, 9.17) is 4.74 Å². The summed E-state index contributed by atoms with van der Waals surface area (Å²) in [5.74, 6) is 1.13. The van der Waals surface area contributed by atoms with Gasteiger partial charge in [-0.2, -0.15) is 0 Å². The molecule has 3 rings (SSSR count). The maximum absolute atomic E-state index is 12.4. The molecule has 0 aliphatic carbocycles. The minimum absolute atomic E-state index is 0.0167. The number of rotatable bonds is 2. The molecule has 2 aliphatic heterocycles. The van der Waals surface area contributed by atoms with Gasteiger partial charge in [-0.15, -0.1) is 11.8 Å². The summed E-state index contributed by atoms with van der Waals surface area (Å²) in [4.78, 5) is 15.5. The number of morpholine rings is 1. The zero-order valence-corrected chi connectivity index (χ0v) is 11.6. The largest absolute Gasteiger partial charge is 0.375 e. The maximum atomic E-state index is 12.4. The second kappa shape index (κ2) is 5.94. The Balaban J connectivity index is 1.70. The molecule has 1 atom stereocenters. The first-order chi connectivity index (χ1) is 9.34. The molecule has 4 nitrogen and oxygen atoms in total. The lowest BCUT2D eigenvalue weighted by molar-refractivity contribution is -0.121. The van der Waals surface area contributed by atoms with Crippen molar-refractivity contribution in [1.82, 2.24) is 5.32 Å². The summed E-state index contributed by atoms with van der Waals surface area (Å²) in [6.45, 7) is 3.15. The minimum Gasteiger partial charge on any atom is -0.375 e. The van der Waals surface area contributed by atoms with Gasteiger partial charge in [0.15, 0.2) is 0 Å². The van der Waals surface area contributed by atoms with Crippen molar-refractivity contribution in [2.24, 2.45) is 0 Å². The first kappa shape index (κ1) is 13.0. The van der Waals surface area contributed by atoms with Crippen LogP contribution in [0.5, 0.6) is 0 Å². The van der Waals surface area contributed by atoms with E-state index < -0.39 is 0 Å². The van der Waals surface area contributed by atoms with E-state index in [0.717, 1.165) is 31.1 Å². The fourth-order valence-corrected chi connectivity index (χ4v) is 3.48. The highest BCUT2D eigenvalue weighted by atomic mass is 32.2. The van der Waals surface area contributed by atoms with Crippen LogP contribution in [0.25, 0.3) is 0 Å².